The van der Waals surface area contributed by atoms with Gasteiger partial charge in [-0.1, -0.05) is 12.8 Å². The number of halogens is 1. The van der Waals surface area contributed by atoms with E-state index in [0.29, 0.717) is 13.1 Å². The van der Waals surface area contributed by atoms with Gasteiger partial charge < -0.3 is 5.11 Å². The largest absolute Gasteiger partial charge is 0.478 e. The first-order chi connectivity index (χ1) is 9.43. The normalized spacial score (nSPS) is 17.6. The lowest BCUT2D eigenvalue weighted by Crippen LogP contribution is -2.32. The molecule has 2 rings (SSSR count). The SMILES string of the molecule is O=C(O)c1cc(S(=O)(=O)N2CCCCCC2)ccc1F. The molecule has 0 saturated carbocycles. The summed E-state index contributed by atoms with van der Waals surface area (Å²) in [5.41, 5.74) is -0.624. The van der Waals surface area contributed by atoms with E-state index < -0.39 is 27.4 Å². The average molecular weight is 301 g/mol. The molecule has 0 atom stereocenters. The topological polar surface area (TPSA) is 74.7 Å². The van der Waals surface area contributed by atoms with Crippen LogP contribution in [0.1, 0.15) is 36.0 Å². The summed E-state index contributed by atoms with van der Waals surface area (Å²) < 4.78 is 39.5. The van der Waals surface area contributed by atoms with Crippen LogP contribution >= 0.6 is 0 Å². The van der Waals surface area contributed by atoms with Gasteiger partial charge in [-0.2, -0.15) is 4.31 Å². The predicted octanol–water partition coefficient (Wildman–Crippen LogP) is 2.09. The van der Waals surface area contributed by atoms with Crippen LogP contribution in [0.4, 0.5) is 4.39 Å². The molecule has 1 aliphatic rings. The maximum absolute atomic E-state index is 13.3. The van der Waals surface area contributed by atoms with Gasteiger partial charge in [0.05, 0.1) is 10.5 Å². The molecule has 0 bridgehead atoms. The molecule has 0 aliphatic carbocycles. The molecule has 5 nitrogen and oxygen atoms in total. The van der Waals surface area contributed by atoms with Crippen LogP contribution in [0.15, 0.2) is 23.1 Å². The standard InChI is InChI=1S/C13H16FNO4S/c14-12-6-5-10(9-11(12)13(16)17)20(18,19)15-7-3-1-2-4-8-15/h5-6,9H,1-4,7-8H2,(H,16,17). The Hall–Kier alpha value is -1.47. The van der Waals surface area contributed by atoms with Crippen molar-refractivity contribution in [3.63, 3.8) is 0 Å². The van der Waals surface area contributed by atoms with Crippen molar-refractivity contribution in [2.45, 2.75) is 30.6 Å². The van der Waals surface area contributed by atoms with Gasteiger partial charge >= 0.3 is 5.97 Å². The number of hydrogen-bond acceptors (Lipinski definition) is 3. The molecule has 7 heteroatoms. The van der Waals surface area contributed by atoms with E-state index in [1.54, 1.807) is 0 Å². The molecule has 1 heterocycles. The van der Waals surface area contributed by atoms with E-state index in [2.05, 4.69) is 0 Å². The minimum Gasteiger partial charge on any atom is -0.478 e. The predicted molar refractivity (Wildman–Crippen MR) is 70.6 cm³/mol. The van der Waals surface area contributed by atoms with E-state index in [1.807, 2.05) is 0 Å². The fourth-order valence-corrected chi connectivity index (χ4v) is 3.80. The molecule has 0 aromatic heterocycles. The number of nitrogens with zero attached hydrogens (tertiary/aromatic N) is 1. The van der Waals surface area contributed by atoms with Gasteiger partial charge in [-0.05, 0) is 31.0 Å². The van der Waals surface area contributed by atoms with Gasteiger partial charge in [0.15, 0.2) is 0 Å². The number of aromatic carboxylic acids is 1. The number of carboxylic acid groups (broad SMARTS) is 1. The maximum atomic E-state index is 13.3. The van der Waals surface area contributed by atoms with Gasteiger partial charge in [-0.25, -0.2) is 17.6 Å². The van der Waals surface area contributed by atoms with E-state index in [4.69, 9.17) is 5.11 Å². The average Bonchev–Trinajstić information content (AvgIpc) is 2.67. The summed E-state index contributed by atoms with van der Waals surface area (Å²) in [7, 11) is -3.75. The monoisotopic (exact) mass is 301 g/mol. The molecule has 1 aromatic rings. The van der Waals surface area contributed by atoms with Crippen LogP contribution in [0.2, 0.25) is 0 Å². The molecule has 0 spiro atoms. The summed E-state index contributed by atoms with van der Waals surface area (Å²) in [6, 6.07) is 2.88. The van der Waals surface area contributed by atoms with Gasteiger partial charge in [-0.3, -0.25) is 0 Å². The number of benzene rings is 1. The highest BCUT2D eigenvalue weighted by Crippen LogP contribution is 2.22. The first-order valence-electron chi connectivity index (χ1n) is 6.46. The quantitative estimate of drug-likeness (QED) is 0.927. The lowest BCUT2D eigenvalue weighted by atomic mass is 10.2. The van der Waals surface area contributed by atoms with E-state index in [9.17, 15) is 17.6 Å². The Kier molecular flexibility index (Phi) is 4.39. The Balaban J connectivity index is 2.38. The van der Waals surface area contributed by atoms with E-state index in [-0.39, 0.29) is 4.90 Å². The third kappa shape index (κ3) is 2.99. The molecule has 1 aliphatic heterocycles. The second-order valence-corrected chi connectivity index (χ2v) is 6.70. The van der Waals surface area contributed by atoms with Crippen molar-refractivity contribution < 1.29 is 22.7 Å². The van der Waals surface area contributed by atoms with Crippen LogP contribution < -0.4 is 0 Å². The zero-order valence-corrected chi connectivity index (χ0v) is 11.7. The number of hydrogen-bond donors (Lipinski definition) is 1. The number of rotatable bonds is 3. The van der Waals surface area contributed by atoms with E-state index in [1.165, 1.54) is 4.31 Å². The summed E-state index contributed by atoms with van der Waals surface area (Å²) in [5.74, 6) is -2.41. The van der Waals surface area contributed by atoms with Crippen molar-refractivity contribution in [2.24, 2.45) is 0 Å². The minimum absolute atomic E-state index is 0.168. The Morgan fingerprint density at radius 1 is 1.15 bits per heavy atom. The summed E-state index contributed by atoms with van der Waals surface area (Å²) in [4.78, 5) is 10.7. The van der Waals surface area contributed by atoms with Crippen molar-refractivity contribution in [1.29, 1.82) is 0 Å². The van der Waals surface area contributed by atoms with Gasteiger partial charge in [0.1, 0.15) is 5.82 Å². The summed E-state index contributed by atoms with van der Waals surface area (Å²) >= 11 is 0. The first-order valence-corrected chi connectivity index (χ1v) is 7.90. The highest BCUT2D eigenvalue weighted by Gasteiger charge is 2.26. The molecule has 1 saturated heterocycles. The van der Waals surface area contributed by atoms with Gasteiger partial charge in [0.25, 0.3) is 0 Å². The molecular weight excluding hydrogens is 285 g/mol. The lowest BCUT2D eigenvalue weighted by Gasteiger charge is -2.20. The Morgan fingerprint density at radius 3 is 2.30 bits per heavy atom. The lowest BCUT2D eigenvalue weighted by molar-refractivity contribution is 0.0691. The molecule has 0 unspecified atom stereocenters. The van der Waals surface area contributed by atoms with E-state index >= 15 is 0 Å². The number of carbonyl (C=O) groups is 1. The van der Waals surface area contributed by atoms with Crippen LogP contribution in [0.5, 0.6) is 0 Å². The Labute approximate surface area is 117 Å². The van der Waals surface area contributed by atoms with Crippen molar-refractivity contribution in [3.05, 3.63) is 29.6 Å². The smallest absolute Gasteiger partial charge is 0.338 e. The van der Waals surface area contributed by atoms with Crippen molar-refractivity contribution >= 4 is 16.0 Å². The molecule has 1 N–H and O–H groups in total. The highest BCUT2D eigenvalue weighted by atomic mass is 32.2. The van der Waals surface area contributed by atoms with Crippen molar-refractivity contribution in [2.75, 3.05) is 13.1 Å². The molecular formula is C13H16FNO4S. The van der Waals surface area contributed by atoms with Gasteiger partial charge in [-0.15, -0.1) is 0 Å². The second-order valence-electron chi connectivity index (χ2n) is 4.77. The second kappa shape index (κ2) is 5.88. The highest BCUT2D eigenvalue weighted by molar-refractivity contribution is 7.89. The third-order valence-electron chi connectivity index (χ3n) is 3.37. The summed E-state index contributed by atoms with van der Waals surface area (Å²) in [5, 5.41) is 8.86. The van der Waals surface area contributed by atoms with Crippen LogP contribution in [0.3, 0.4) is 0 Å². The Bertz CT molecular complexity index is 607. The van der Waals surface area contributed by atoms with Crippen molar-refractivity contribution in [1.82, 2.24) is 4.31 Å². The molecule has 0 radical (unpaired) electrons. The molecule has 110 valence electrons. The summed E-state index contributed by atoms with van der Waals surface area (Å²) in [6.45, 7) is 0.838. The maximum Gasteiger partial charge on any atom is 0.338 e. The fourth-order valence-electron chi connectivity index (χ4n) is 2.26. The molecule has 0 amide bonds. The summed E-state index contributed by atoms with van der Waals surface area (Å²) in [6.07, 6.45) is 3.53. The zero-order valence-electron chi connectivity index (χ0n) is 10.9. The zero-order chi connectivity index (χ0) is 14.8. The molecule has 1 aromatic carbocycles. The van der Waals surface area contributed by atoms with Crippen LogP contribution in [-0.4, -0.2) is 36.9 Å². The third-order valence-corrected chi connectivity index (χ3v) is 5.27. The Morgan fingerprint density at radius 2 is 1.75 bits per heavy atom. The van der Waals surface area contributed by atoms with Gasteiger partial charge in [0.2, 0.25) is 10.0 Å². The molecule has 1 fully saturated rings. The number of sulfonamides is 1. The van der Waals surface area contributed by atoms with Crippen LogP contribution in [0, 0.1) is 5.82 Å². The fraction of sp³-hybridized carbons (Fsp3) is 0.462. The van der Waals surface area contributed by atoms with Gasteiger partial charge in [0, 0.05) is 13.1 Å². The minimum atomic E-state index is -3.75. The van der Waals surface area contributed by atoms with Crippen LogP contribution in [0.25, 0.3) is 0 Å². The van der Waals surface area contributed by atoms with Crippen LogP contribution in [-0.2, 0) is 10.0 Å². The first kappa shape index (κ1) is 14.9. The molecule has 20 heavy (non-hydrogen) atoms. The van der Waals surface area contributed by atoms with Crippen molar-refractivity contribution in [3.8, 4) is 0 Å². The number of carboxylic acids is 1. The van der Waals surface area contributed by atoms with E-state index in [0.717, 1.165) is 43.9 Å².